The van der Waals surface area contributed by atoms with Crippen LogP contribution in [0.5, 0.6) is 0 Å². The molecule has 0 amide bonds. The summed E-state index contributed by atoms with van der Waals surface area (Å²) in [5.74, 6) is 3.03. The highest BCUT2D eigenvalue weighted by Gasteiger charge is 2.25. The molecule has 1 aliphatic rings. The van der Waals surface area contributed by atoms with Gasteiger partial charge in [-0.1, -0.05) is 30.3 Å². The maximum atomic E-state index is 4.85. The fourth-order valence-electron chi connectivity index (χ4n) is 4.10. The first-order valence-electron chi connectivity index (χ1n) is 10.3. The summed E-state index contributed by atoms with van der Waals surface area (Å²) in [7, 11) is 0. The second-order valence-electron chi connectivity index (χ2n) is 7.82. The van der Waals surface area contributed by atoms with Crippen molar-refractivity contribution in [3.63, 3.8) is 0 Å². The van der Waals surface area contributed by atoms with Crippen LogP contribution in [0.4, 0.5) is 0 Å². The SMILES string of the molecule is Cc1cn(-c2ncc(/C=C/c3nc4n(n3)CCC[C@H]4c3ccccc3)cc2C)cn1. The normalized spacial score (nSPS) is 16.1. The van der Waals surface area contributed by atoms with Crippen LogP contribution in [0.25, 0.3) is 18.0 Å². The molecule has 0 radical (unpaired) electrons. The first kappa shape index (κ1) is 18.5. The van der Waals surface area contributed by atoms with Crippen LogP contribution < -0.4 is 0 Å². The van der Waals surface area contributed by atoms with Crippen molar-refractivity contribution in [2.75, 3.05) is 0 Å². The fourth-order valence-corrected chi connectivity index (χ4v) is 4.10. The van der Waals surface area contributed by atoms with Gasteiger partial charge in [-0.15, -0.1) is 0 Å². The molecule has 0 bridgehead atoms. The van der Waals surface area contributed by atoms with Crippen molar-refractivity contribution in [3.05, 3.63) is 89.2 Å². The van der Waals surface area contributed by atoms with Crippen LogP contribution in [0.1, 0.15) is 52.8 Å². The van der Waals surface area contributed by atoms with Crippen LogP contribution in [0.15, 0.2) is 55.1 Å². The molecule has 5 rings (SSSR count). The fraction of sp³-hybridized carbons (Fsp3) is 0.250. The quantitative estimate of drug-likeness (QED) is 0.507. The Labute approximate surface area is 176 Å². The van der Waals surface area contributed by atoms with E-state index < -0.39 is 0 Å². The third-order valence-electron chi connectivity index (χ3n) is 5.55. The van der Waals surface area contributed by atoms with Crippen LogP contribution in [0.2, 0.25) is 0 Å². The number of rotatable bonds is 4. The molecule has 4 heterocycles. The molecule has 6 nitrogen and oxygen atoms in total. The summed E-state index contributed by atoms with van der Waals surface area (Å²) < 4.78 is 4.02. The van der Waals surface area contributed by atoms with Crippen LogP contribution in [0, 0.1) is 13.8 Å². The molecule has 1 atom stereocenters. The lowest BCUT2D eigenvalue weighted by Crippen LogP contribution is -2.17. The molecule has 1 aromatic carbocycles. The summed E-state index contributed by atoms with van der Waals surface area (Å²) >= 11 is 0. The van der Waals surface area contributed by atoms with Gasteiger partial charge in [0.1, 0.15) is 18.0 Å². The molecule has 30 heavy (non-hydrogen) atoms. The van der Waals surface area contributed by atoms with E-state index in [0.717, 1.165) is 53.7 Å². The highest BCUT2D eigenvalue weighted by Crippen LogP contribution is 2.32. The number of aromatic nitrogens is 6. The van der Waals surface area contributed by atoms with Gasteiger partial charge in [0.05, 0.1) is 5.69 Å². The van der Waals surface area contributed by atoms with Crippen LogP contribution in [-0.2, 0) is 6.54 Å². The predicted molar refractivity (Wildman–Crippen MR) is 117 cm³/mol. The molecule has 0 fully saturated rings. The van der Waals surface area contributed by atoms with Gasteiger partial charge >= 0.3 is 0 Å². The van der Waals surface area contributed by atoms with Gasteiger partial charge in [-0.3, -0.25) is 4.57 Å². The van der Waals surface area contributed by atoms with E-state index in [-0.39, 0.29) is 0 Å². The molecule has 1 aliphatic heterocycles. The summed E-state index contributed by atoms with van der Waals surface area (Å²) in [6.07, 6.45) is 11.9. The topological polar surface area (TPSA) is 61.4 Å². The zero-order valence-corrected chi connectivity index (χ0v) is 17.2. The minimum absolute atomic E-state index is 0.316. The first-order chi connectivity index (χ1) is 14.7. The van der Waals surface area contributed by atoms with Crippen molar-refractivity contribution in [3.8, 4) is 5.82 Å². The summed E-state index contributed by atoms with van der Waals surface area (Å²) in [5.41, 5.74) is 4.41. The van der Waals surface area contributed by atoms with E-state index in [0.29, 0.717) is 5.92 Å². The van der Waals surface area contributed by atoms with Crippen molar-refractivity contribution in [1.82, 2.24) is 29.3 Å². The number of fused-ring (bicyclic) bond motifs is 1. The second kappa shape index (κ2) is 7.71. The van der Waals surface area contributed by atoms with Crippen LogP contribution in [0.3, 0.4) is 0 Å². The van der Waals surface area contributed by atoms with E-state index in [2.05, 4.69) is 58.0 Å². The number of pyridine rings is 1. The number of aryl methyl sites for hydroxylation is 3. The van der Waals surface area contributed by atoms with Gasteiger partial charge in [-0.25, -0.2) is 19.6 Å². The lowest BCUT2D eigenvalue weighted by molar-refractivity contribution is 0.445. The Morgan fingerprint density at radius 2 is 1.93 bits per heavy atom. The molecule has 0 saturated heterocycles. The molecule has 150 valence electrons. The molecule has 6 heteroatoms. The average molecular weight is 396 g/mol. The minimum Gasteiger partial charge on any atom is -0.290 e. The highest BCUT2D eigenvalue weighted by atomic mass is 15.4. The first-order valence-corrected chi connectivity index (χ1v) is 10.3. The highest BCUT2D eigenvalue weighted by molar-refractivity contribution is 5.67. The Hall–Kier alpha value is -3.54. The zero-order chi connectivity index (χ0) is 20.5. The molecule has 3 aromatic heterocycles. The zero-order valence-electron chi connectivity index (χ0n) is 17.2. The average Bonchev–Trinajstić information content (AvgIpc) is 3.38. The molecule has 0 spiro atoms. The standard InChI is InChI=1S/C24H24N6/c1-17-13-19(14-25-23(17)29-15-18(2)26-16-29)10-11-22-27-24-21(9-6-12-30(24)28-22)20-7-4-3-5-8-20/h3-5,7-8,10-11,13-16,21H,6,9,12H2,1-2H3/b11-10+/t21-/m0/s1. The van der Waals surface area contributed by atoms with E-state index in [1.165, 1.54) is 5.56 Å². The van der Waals surface area contributed by atoms with Gasteiger partial charge in [-0.2, -0.15) is 5.10 Å². The molecule has 0 aliphatic carbocycles. The maximum Gasteiger partial charge on any atom is 0.174 e. The van der Waals surface area contributed by atoms with E-state index in [4.69, 9.17) is 10.1 Å². The van der Waals surface area contributed by atoms with Crippen LogP contribution in [-0.4, -0.2) is 29.3 Å². The molecule has 0 saturated carbocycles. The van der Waals surface area contributed by atoms with Crippen molar-refractivity contribution >= 4 is 12.2 Å². The number of nitrogens with zero attached hydrogens (tertiary/aromatic N) is 6. The largest absolute Gasteiger partial charge is 0.290 e. The third kappa shape index (κ3) is 3.56. The molecule has 4 aromatic rings. The minimum atomic E-state index is 0.316. The lowest BCUT2D eigenvalue weighted by Gasteiger charge is -2.22. The Morgan fingerprint density at radius 1 is 1.07 bits per heavy atom. The number of hydrogen-bond acceptors (Lipinski definition) is 4. The van der Waals surface area contributed by atoms with E-state index >= 15 is 0 Å². The number of benzene rings is 1. The van der Waals surface area contributed by atoms with Gasteiger partial charge in [0.2, 0.25) is 0 Å². The Balaban J connectivity index is 1.39. The number of hydrogen-bond donors (Lipinski definition) is 0. The molecule has 0 N–H and O–H groups in total. The Bertz CT molecular complexity index is 1200. The summed E-state index contributed by atoms with van der Waals surface area (Å²) in [4.78, 5) is 13.7. The van der Waals surface area contributed by atoms with Crippen molar-refractivity contribution in [2.45, 2.75) is 39.2 Å². The van der Waals surface area contributed by atoms with Crippen LogP contribution >= 0.6 is 0 Å². The molecular weight excluding hydrogens is 372 g/mol. The van der Waals surface area contributed by atoms with E-state index in [1.54, 1.807) is 6.33 Å². The Kier molecular flexibility index (Phi) is 4.75. The van der Waals surface area contributed by atoms with Gasteiger partial charge in [-0.05, 0) is 61.6 Å². The molecule has 0 unspecified atom stereocenters. The maximum absolute atomic E-state index is 4.85. The van der Waals surface area contributed by atoms with Gasteiger partial charge in [0, 0.05) is 24.9 Å². The van der Waals surface area contributed by atoms with Gasteiger partial charge in [0.25, 0.3) is 0 Å². The van der Waals surface area contributed by atoms with Crippen molar-refractivity contribution < 1.29 is 0 Å². The smallest absolute Gasteiger partial charge is 0.174 e. The Morgan fingerprint density at radius 3 is 2.70 bits per heavy atom. The second-order valence-corrected chi connectivity index (χ2v) is 7.82. The lowest BCUT2D eigenvalue weighted by atomic mass is 9.91. The monoisotopic (exact) mass is 396 g/mol. The third-order valence-corrected chi connectivity index (χ3v) is 5.55. The van der Waals surface area contributed by atoms with E-state index in [9.17, 15) is 0 Å². The summed E-state index contributed by atoms with van der Waals surface area (Å²) in [5, 5.41) is 4.72. The summed E-state index contributed by atoms with van der Waals surface area (Å²) in [6, 6.07) is 12.7. The van der Waals surface area contributed by atoms with Gasteiger partial charge < -0.3 is 0 Å². The molecular formula is C24H24N6. The van der Waals surface area contributed by atoms with Gasteiger partial charge in [0.15, 0.2) is 5.82 Å². The van der Waals surface area contributed by atoms with E-state index in [1.807, 2.05) is 36.0 Å². The number of imidazole rings is 1. The summed E-state index contributed by atoms with van der Waals surface area (Å²) in [6.45, 7) is 4.97. The van der Waals surface area contributed by atoms with Crippen molar-refractivity contribution in [1.29, 1.82) is 0 Å². The predicted octanol–water partition coefficient (Wildman–Crippen LogP) is 4.57. The van der Waals surface area contributed by atoms with Crippen molar-refractivity contribution in [2.24, 2.45) is 0 Å².